The van der Waals surface area contributed by atoms with Gasteiger partial charge >= 0.3 is 0 Å². The third-order valence-electron chi connectivity index (χ3n) is 2.38. The number of hydrogen-bond donors (Lipinski definition) is 1. The molecule has 1 fully saturated rings. The topological polar surface area (TPSA) is 49.6 Å². The molecule has 0 bridgehead atoms. The van der Waals surface area contributed by atoms with Crippen molar-refractivity contribution in [1.82, 2.24) is 9.91 Å². The van der Waals surface area contributed by atoms with Crippen LogP contribution in [0, 0.1) is 0 Å². The summed E-state index contributed by atoms with van der Waals surface area (Å²) in [5.41, 5.74) is -1.70. The Labute approximate surface area is 77.4 Å². The van der Waals surface area contributed by atoms with E-state index >= 15 is 0 Å². The van der Waals surface area contributed by atoms with Crippen LogP contribution in [0.4, 0.5) is 4.39 Å². The van der Waals surface area contributed by atoms with Gasteiger partial charge in [-0.15, -0.1) is 0 Å². The van der Waals surface area contributed by atoms with E-state index in [9.17, 15) is 9.18 Å². The third kappa shape index (κ3) is 2.16. The Morgan fingerprint density at radius 2 is 1.92 bits per heavy atom. The van der Waals surface area contributed by atoms with Crippen LogP contribution >= 0.6 is 0 Å². The van der Waals surface area contributed by atoms with Gasteiger partial charge in [-0.05, 0) is 0 Å². The number of alkyl halides is 1. The summed E-state index contributed by atoms with van der Waals surface area (Å²) in [6.07, 6.45) is 0.390. The predicted octanol–water partition coefficient (Wildman–Crippen LogP) is -0.248. The zero-order valence-corrected chi connectivity index (χ0v) is 8.09. The summed E-state index contributed by atoms with van der Waals surface area (Å²) in [5.74, 6) is 5.03. The van der Waals surface area contributed by atoms with Crippen molar-refractivity contribution < 1.29 is 9.18 Å². The molecule has 0 aromatic rings. The molecule has 0 unspecified atom stereocenters. The molecule has 0 aromatic carbocycles. The van der Waals surface area contributed by atoms with Crippen LogP contribution in [-0.2, 0) is 4.79 Å². The van der Waals surface area contributed by atoms with Crippen molar-refractivity contribution in [1.29, 1.82) is 0 Å². The molecule has 0 aromatic heterocycles. The molecule has 2 N–H and O–H groups in total. The molecule has 1 amide bonds. The molecule has 1 rings (SSSR count). The van der Waals surface area contributed by atoms with Gasteiger partial charge in [0.25, 0.3) is 5.91 Å². The summed E-state index contributed by atoms with van der Waals surface area (Å²) in [6, 6.07) is 0. The van der Waals surface area contributed by atoms with Gasteiger partial charge in [0, 0.05) is 40.0 Å². The largest absolute Gasteiger partial charge is 0.346 e. The molecule has 0 spiro atoms. The Kier molecular flexibility index (Phi) is 2.87. The van der Waals surface area contributed by atoms with Gasteiger partial charge in [-0.1, -0.05) is 0 Å². The number of amides is 1. The van der Waals surface area contributed by atoms with Crippen molar-refractivity contribution in [3.8, 4) is 0 Å². The van der Waals surface area contributed by atoms with E-state index in [-0.39, 0.29) is 12.8 Å². The highest BCUT2D eigenvalue weighted by Crippen LogP contribution is 2.26. The molecule has 1 aliphatic heterocycles. The average molecular weight is 189 g/mol. The zero-order valence-electron chi connectivity index (χ0n) is 8.09. The van der Waals surface area contributed by atoms with E-state index in [0.717, 1.165) is 0 Å². The number of hydrogen-bond acceptors (Lipinski definition) is 3. The average Bonchev–Trinajstić information content (AvgIpc) is 2.09. The number of carbonyl (C=O) groups is 1. The number of piperidine rings is 1. The molecule has 0 atom stereocenters. The van der Waals surface area contributed by atoms with Crippen molar-refractivity contribution >= 4 is 5.91 Å². The van der Waals surface area contributed by atoms with Gasteiger partial charge < -0.3 is 4.90 Å². The lowest BCUT2D eigenvalue weighted by atomic mass is 9.93. The molecule has 5 heteroatoms. The van der Waals surface area contributed by atoms with E-state index in [1.54, 1.807) is 19.1 Å². The maximum Gasteiger partial charge on any atom is 0.259 e. The Bertz CT molecular complexity index is 200. The lowest BCUT2D eigenvalue weighted by molar-refractivity contribution is -0.144. The SMILES string of the molecule is CN(C)C(=O)C1(F)CCN(N)CC1. The first-order valence-electron chi connectivity index (χ1n) is 4.36. The molecule has 0 saturated carbocycles. The van der Waals surface area contributed by atoms with Crippen LogP contribution in [0.25, 0.3) is 0 Å². The Balaban J connectivity index is 2.61. The fourth-order valence-corrected chi connectivity index (χ4v) is 1.49. The summed E-state index contributed by atoms with van der Waals surface area (Å²) in [4.78, 5) is 12.7. The van der Waals surface area contributed by atoms with Gasteiger partial charge in [0.05, 0.1) is 0 Å². The molecular weight excluding hydrogens is 173 g/mol. The van der Waals surface area contributed by atoms with Gasteiger partial charge in [-0.3, -0.25) is 10.6 Å². The molecule has 0 aliphatic carbocycles. The van der Waals surface area contributed by atoms with Crippen LogP contribution < -0.4 is 5.84 Å². The maximum atomic E-state index is 13.9. The number of nitrogens with zero attached hydrogens (tertiary/aromatic N) is 2. The van der Waals surface area contributed by atoms with E-state index in [0.29, 0.717) is 13.1 Å². The summed E-state index contributed by atoms with van der Waals surface area (Å²) in [7, 11) is 3.14. The Morgan fingerprint density at radius 1 is 1.46 bits per heavy atom. The van der Waals surface area contributed by atoms with Crippen LogP contribution in [0.5, 0.6) is 0 Å². The van der Waals surface area contributed by atoms with Crippen molar-refractivity contribution in [2.24, 2.45) is 5.84 Å². The highest BCUT2D eigenvalue weighted by atomic mass is 19.1. The van der Waals surface area contributed by atoms with E-state index in [1.165, 1.54) is 4.90 Å². The summed E-state index contributed by atoms with van der Waals surface area (Å²) in [6.45, 7) is 0.881. The van der Waals surface area contributed by atoms with Crippen LogP contribution in [0.3, 0.4) is 0 Å². The first-order chi connectivity index (χ1) is 5.96. The Morgan fingerprint density at radius 3 is 2.31 bits per heavy atom. The first kappa shape index (κ1) is 10.4. The van der Waals surface area contributed by atoms with Gasteiger partial charge in [0.2, 0.25) is 0 Å². The quantitative estimate of drug-likeness (QED) is 0.579. The molecule has 4 nitrogen and oxygen atoms in total. The summed E-state index contributed by atoms with van der Waals surface area (Å²) < 4.78 is 13.9. The minimum Gasteiger partial charge on any atom is -0.346 e. The molecular formula is C8H16FN3O. The van der Waals surface area contributed by atoms with Crippen LogP contribution in [0.1, 0.15) is 12.8 Å². The standard InChI is InChI=1S/C8H16FN3O/c1-11(2)7(13)8(9)3-5-12(10)6-4-8/h3-6,10H2,1-2H3. The van der Waals surface area contributed by atoms with Gasteiger partial charge in [-0.2, -0.15) is 0 Å². The zero-order chi connectivity index (χ0) is 10.1. The molecule has 1 aliphatic rings. The second-order valence-corrected chi connectivity index (χ2v) is 3.70. The van der Waals surface area contributed by atoms with E-state index < -0.39 is 11.6 Å². The minimum atomic E-state index is -1.70. The molecule has 0 radical (unpaired) electrons. The molecule has 13 heavy (non-hydrogen) atoms. The van der Waals surface area contributed by atoms with Crippen molar-refractivity contribution in [3.63, 3.8) is 0 Å². The Hall–Kier alpha value is -0.680. The lowest BCUT2D eigenvalue weighted by Crippen LogP contribution is -2.52. The molecule has 1 saturated heterocycles. The highest BCUT2D eigenvalue weighted by molar-refractivity contribution is 5.84. The molecule has 1 heterocycles. The monoisotopic (exact) mass is 189 g/mol. The van der Waals surface area contributed by atoms with Crippen molar-refractivity contribution in [2.75, 3.05) is 27.2 Å². The van der Waals surface area contributed by atoms with Gasteiger partial charge in [0.1, 0.15) is 0 Å². The van der Waals surface area contributed by atoms with E-state index in [4.69, 9.17) is 5.84 Å². The van der Waals surface area contributed by atoms with Crippen LogP contribution in [0.15, 0.2) is 0 Å². The third-order valence-corrected chi connectivity index (χ3v) is 2.38. The fraction of sp³-hybridized carbons (Fsp3) is 0.875. The minimum absolute atomic E-state index is 0.195. The highest BCUT2D eigenvalue weighted by Gasteiger charge is 2.42. The van der Waals surface area contributed by atoms with Gasteiger partial charge in [-0.25, -0.2) is 9.40 Å². The molecule has 76 valence electrons. The maximum absolute atomic E-state index is 13.9. The van der Waals surface area contributed by atoms with Gasteiger partial charge in [0.15, 0.2) is 5.67 Å². The number of hydrazine groups is 1. The smallest absolute Gasteiger partial charge is 0.259 e. The van der Waals surface area contributed by atoms with E-state index in [2.05, 4.69) is 0 Å². The fourth-order valence-electron chi connectivity index (χ4n) is 1.49. The predicted molar refractivity (Wildman–Crippen MR) is 47.5 cm³/mol. The number of halogens is 1. The van der Waals surface area contributed by atoms with Crippen molar-refractivity contribution in [3.05, 3.63) is 0 Å². The number of carbonyl (C=O) groups excluding carboxylic acids is 1. The van der Waals surface area contributed by atoms with Crippen LogP contribution in [0.2, 0.25) is 0 Å². The number of nitrogens with two attached hydrogens (primary N) is 1. The summed E-state index contributed by atoms with van der Waals surface area (Å²) in [5, 5.41) is 1.54. The van der Waals surface area contributed by atoms with Crippen LogP contribution in [-0.4, -0.2) is 48.7 Å². The lowest BCUT2D eigenvalue weighted by Gasteiger charge is -2.34. The second kappa shape index (κ2) is 3.59. The second-order valence-electron chi connectivity index (χ2n) is 3.70. The normalized spacial score (nSPS) is 22.8. The summed E-state index contributed by atoms with van der Waals surface area (Å²) >= 11 is 0. The first-order valence-corrected chi connectivity index (χ1v) is 4.36. The number of rotatable bonds is 1. The van der Waals surface area contributed by atoms with E-state index in [1.807, 2.05) is 0 Å². The van der Waals surface area contributed by atoms with Crippen molar-refractivity contribution in [2.45, 2.75) is 18.5 Å².